The second kappa shape index (κ2) is 6.76. The van der Waals surface area contributed by atoms with Crippen molar-refractivity contribution in [3.63, 3.8) is 0 Å². The van der Waals surface area contributed by atoms with E-state index in [1.54, 1.807) is 24.3 Å². The van der Waals surface area contributed by atoms with Crippen molar-refractivity contribution in [2.24, 2.45) is 0 Å². The Morgan fingerprint density at radius 2 is 2.33 bits per heavy atom. The molecule has 0 unspecified atom stereocenters. The highest BCUT2D eigenvalue weighted by molar-refractivity contribution is 5.90. The molecule has 2 atom stereocenters. The van der Waals surface area contributed by atoms with Crippen LogP contribution in [0.15, 0.2) is 34.9 Å². The van der Waals surface area contributed by atoms with E-state index in [-0.39, 0.29) is 18.9 Å². The quantitative estimate of drug-likeness (QED) is 0.893. The molecule has 8 heteroatoms. The van der Waals surface area contributed by atoms with Crippen molar-refractivity contribution in [2.45, 2.75) is 24.9 Å². The number of hydrogen-bond acceptors (Lipinski definition) is 5. The molecule has 0 radical (unpaired) electrons. The smallest absolute Gasteiger partial charge is 0.307 e. The Morgan fingerprint density at radius 1 is 1.50 bits per heavy atom. The first-order chi connectivity index (χ1) is 11.6. The summed E-state index contributed by atoms with van der Waals surface area (Å²) >= 11 is 0. The summed E-state index contributed by atoms with van der Waals surface area (Å²) < 4.78 is 30.6. The molecule has 0 spiro atoms. The lowest BCUT2D eigenvalue weighted by Crippen LogP contribution is -2.36. The maximum Gasteiger partial charge on any atom is 0.307 e. The zero-order valence-electron chi connectivity index (χ0n) is 12.5. The van der Waals surface area contributed by atoms with E-state index < -0.39 is 24.4 Å². The predicted octanol–water partition coefficient (Wildman–Crippen LogP) is 1.94. The third-order valence-electron chi connectivity index (χ3n) is 3.78. The molecule has 6 nitrogen and oxygen atoms in total. The molecule has 24 heavy (non-hydrogen) atoms. The van der Waals surface area contributed by atoms with E-state index in [1.807, 2.05) is 6.07 Å². The van der Waals surface area contributed by atoms with Gasteiger partial charge >= 0.3 is 5.91 Å². The molecular formula is C16H14F2N4O2. The van der Waals surface area contributed by atoms with Gasteiger partial charge in [-0.2, -0.15) is 5.26 Å². The van der Waals surface area contributed by atoms with Crippen molar-refractivity contribution >= 4 is 5.91 Å². The summed E-state index contributed by atoms with van der Waals surface area (Å²) in [5.41, 5.74) is 1.09. The van der Waals surface area contributed by atoms with Crippen LogP contribution in [0.1, 0.15) is 22.7 Å². The summed E-state index contributed by atoms with van der Waals surface area (Å²) in [6.45, 7) is 0.276. The second-order valence-corrected chi connectivity index (χ2v) is 5.48. The Kier molecular flexibility index (Phi) is 4.53. The minimum absolute atomic E-state index is 0.146. The molecule has 1 aromatic carbocycles. The minimum Gasteiger partial charge on any atom is -0.432 e. The molecule has 1 saturated heterocycles. The van der Waals surface area contributed by atoms with Gasteiger partial charge in [-0.15, -0.1) is 0 Å². The Balaban J connectivity index is 1.67. The third-order valence-corrected chi connectivity index (χ3v) is 3.78. The number of rotatable bonds is 4. The van der Waals surface area contributed by atoms with Crippen molar-refractivity contribution in [3.8, 4) is 17.4 Å². The lowest BCUT2D eigenvalue weighted by molar-refractivity contribution is 0.0893. The SMILES string of the molecule is N#Cc1cccc(-c2cnc(C(=O)N[C@H]3CN[C@H](C(F)F)C3)o2)c1. The number of benzene rings is 1. The fourth-order valence-electron chi connectivity index (χ4n) is 2.57. The fraction of sp³-hybridized carbons (Fsp3) is 0.312. The topological polar surface area (TPSA) is 91.0 Å². The number of amides is 1. The fourth-order valence-corrected chi connectivity index (χ4v) is 2.57. The summed E-state index contributed by atoms with van der Waals surface area (Å²) in [6.07, 6.45) is -0.922. The molecule has 2 heterocycles. The summed E-state index contributed by atoms with van der Waals surface area (Å²) in [6, 6.07) is 7.42. The average molecular weight is 332 g/mol. The molecular weight excluding hydrogens is 318 g/mol. The van der Waals surface area contributed by atoms with E-state index in [4.69, 9.17) is 9.68 Å². The molecule has 124 valence electrons. The molecule has 0 saturated carbocycles. The monoisotopic (exact) mass is 332 g/mol. The number of aromatic nitrogens is 1. The number of nitrogens with one attached hydrogen (secondary N) is 2. The Bertz CT molecular complexity index is 784. The Morgan fingerprint density at radius 3 is 3.04 bits per heavy atom. The van der Waals surface area contributed by atoms with Gasteiger partial charge in [0, 0.05) is 18.2 Å². The van der Waals surface area contributed by atoms with Gasteiger partial charge in [0.05, 0.1) is 23.9 Å². The van der Waals surface area contributed by atoms with Crippen LogP contribution in [0.3, 0.4) is 0 Å². The number of nitriles is 1. The first-order valence-electron chi connectivity index (χ1n) is 7.35. The number of carbonyl (C=O) groups excluding carboxylic acids is 1. The highest BCUT2D eigenvalue weighted by Gasteiger charge is 2.32. The summed E-state index contributed by atoms with van der Waals surface area (Å²) in [5.74, 6) is -0.348. The van der Waals surface area contributed by atoms with E-state index in [2.05, 4.69) is 15.6 Å². The lowest BCUT2D eigenvalue weighted by Gasteiger charge is -2.10. The zero-order valence-corrected chi connectivity index (χ0v) is 12.5. The van der Waals surface area contributed by atoms with Crippen LogP contribution < -0.4 is 10.6 Å². The van der Waals surface area contributed by atoms with Crippen LogP contribution in [0.2, 0.25) is 0 Å². The molecule has 1 fully saturated rings. The minimum atomic E-state index is -2.47. The number of hydrogen-bond donors (Lipinski definition) is 2. The molecule has 1 amide bonds. The van der Waals surface area contributed by atoms with Crippen molar-refractivity contribution in [3.05, 3.63) is 41.9 Å². The van der Waals surface area contributed by atoms with Crippen LogP contribution in [0.25, 0.3) is 11.3 Å². The summed E-state index contributed by atoms with van der Waals surface area (Å²) in [7, 11) is 0. The van der Waals surface area contributed by atoms with Gasteiger partial charge in [0.25, 0.3) is 12.3 Å². The normalized spacial score (nSPS) is 20.1. The number of oxazole rings is 1. The summed E-state index contributed by atoms with van der Waals surface area (Å²) in [4.78, 5) is 16.0. The first-order valence-corrected chi connectivity index (χ1v) is 7.35. The largest absolute Gasteiger partial charge is 0.432 e. The molecule has 0 aliphatic carbocycles. The van der Waals surface area contributed by atoms with Crippen LogP contribution in [0, 0.1) is 11.3 Å². The van der Waals surface area contributed by atoms with E-state index in [0.717, 1.165) is 0 Å². The third kappa shape index (κ3) is 3.41. The number of nitrogens with zero attached hydrogens (tertiary/aromatic N) is 2. The molecule has 1 aliphatic heterocycles. The van der Waals surface area contributed by atoms with Crippen molar-refractivity contribution in [2.75, 3.05) is 6.54 Å². The van der Waals surface area contributed by atoms with Crippen molar-refractivity contribution in [1.82, 2.24) is 15.6 Å². The molecule has 3 rings (SSSR count). The number of halogens is 2. The van der Waals surface area contributed by atoms with E-state index >= 15 is 0 Å². The van der Waals surface area contributed by atoms with E-state index in [1.165, 1.54) is 6.20 Å². The number of alkyl halides is 2. The second-order valence-electron chi connectivity index (χ2n) is 5.48. The predicted molar refractivity (Wildman–Crippen MR) is 80.3 cm³/mol. The zero-order chi connectivity index (χ0) is 17.1. The van der Waals surface area contributed by atoms with Crippen LogP contribution >= 0.6 is 0 Å². The molecule has 2 N–H and O–H groups in total. The van der Waals surface area contributed by atoms with Gasteiger partial charge in [-0.25, -0.2) is 13.8 Å². The standard InChI is InChI=1S/C16H14F2N4O2/c17-14(18)12-5-11(7-20-12)22-15(23)16-21-8-13(24-16)10-3-1-2-9(4-10)6-19/h1-4,8,11-12,14,20H,5,7H2,(H,22,23)/t11-,12+/m1/s1. The van der Waals surface area contributed by atoms with Gasteiger partial charge in [0.15, 0.2) is 5.76 Å². The van der Waals surface area contributed by atoms with Gasteiger partial charge in [0.2, 0.25) is 0 Å². The molecule has 1 aromatic heterocycles. The lowest BCUT2D eigenvalue weighted by atomic mass is 10.1. The Labute approximate surface area is 136 Å². The van der Waals surface area contributed by atoms with E-state index in [9.17, 15) is 13.6 Å². The van der Waals surface area contributed by atoms with Crippen molar-refractivity contribution in [1.29, 1.82) is 5.26 Å². The van der Waals surface area contributed by atoms with Crippen LogP contribution in [-0.4, -0.2) is 35.9 Å². The summed E-state index contributed by atoms with van der Waals surface area (Å²) in [5, 5.41) is 14.2. The maximum absolute atomic E-state index is 12.6. The molecule has 1 aliphatic rings. The average Bonchev–Trinajstić information content (AvgIpc) is 3.24. The van der Waals surface area contributed by atoms with Crippen LogP contribution in [0.5, 0.6) is 0 Å². The highest BCUT2D eigenvalue weighted by Crippen LogP contribution is 2.21. The maximum atomic E-state index is 12.6. The van der Waals surface area contributed by atoms with Crippen LogP contribution in [0.4, 0.5) is 8.78 Å². The highest BCUT2D eigenvalue weighted by atomic mass is 19.3. The van der Waals surface area contributed by atoms with Gasteiger partial charge in [-0.05, 0) is 18.6 Å². The number of carbonyl (C=O) groups is 1. The van der Waals surface area contributed by atoms with Gasteiger partial charge < -0.3 is 15.1 Å². The van der Waals surface area contributed by atoms with Gasteiger partial charge in [0.1, 0.15) is 0 Å². The first kappa shape index (κ1) is 16.1. The van der Waals surface area contributed by atoms with Gasteiger partial charge in [-0.1, -0.05) is 12.1 Å². The Hall–Kier alpha value is -2.79. The van der Waals surface area contributed by atoms with Crippen molar-refractivity contribution < 1.29 is 18.0 Å². The van der Waals surface area contributed by atoms with Crippen LogP contribution in [-0.2, 0) is 0 Å². The molecule has 2 aromatic rings. The van der Waals surface area contributed by atoms with Gasteiger partial charge in [-0.3, -0.25) is 4.79 Å². The van der Waals surface area contributed by atoms with E-state index in [0.29, 0.717) is 16.9 Å². The molecule has 0 bridgehead atoms.